The summed E-state index contributed by atoms with van der Waals surface area (Å²) in [5, 5.41) is -0.0473. The first-order valence-corrected chi connectivity index (χ1v) is 5.81. The largest absolute Gasteiger partial charge is 0.726 e. The van der Waals surface area contributed by atoms with E-state index in [4.69, 9.17) is 11.6 Å². The summed E-state index contributed by atoms with van der Waals surface area (Å²) in [6, 6.07) is 3.22. The fourth-order valence-electron chi connectivity index (χ4n) is 1.77. The molecule has 0 aromatic carbocycles. The van der Waals surface area contributed by atoms with E-state index in [-0.39, 0.29) is 22.2 Å². The molecular weight excluding hydrogens is 276 g/mol. The minimum Gasteiger partial charge on any atom is -0.625 e. The molecule has 98 valence electrons. The molecule has 8 heteroatoms. The van der Waals surface area contributed by atoms with Crippen LogP contribution >= 0.6 is 11.6 Å². The van der Waals surface area contributed by atoms with E-state index in [1.165, 1.54) is 12.3 Å². The van der Waals surface area contributed by atoms with Crippen LogP contribution in [0.5, 0.6) is 0 Å². The third-order valence-corrected chi connectivity index (χ3v) is 2.88. The summed E-state index contributed by atoms with van der Waals surface area (Å²) in [5.41, 5.74) is 0.581. The lowest BCUT2D eigenvalue weighted by molar-refractivity contribution is 0.169. The van der Waals surface area contributed by atoms with Crippen LogP contribution in [0.3, 0.4) is 0 Å². The standard InChI is InChI=1S/C11H7BClF2N2O2/c13-9-10(7-3-1-5-16-7)18-12(14,15)19-11(9)8-4-2-6-17-8/h1-6,16H/q-1/b11-8-. The number of allylic oxidation sites excluding steroid dienone is 3. The number of aliphatic imine (C=N–C) groups is 1. The molecule has 0 fully saturated rings. The van der Waals surface area contributed by atoms with Gasteiger partial charge in [-0.2, -0.15) is 0 Å². The van der Waals surface area contributed by atoms with E-state index in [1.807, 2.05) is 0 Å². The summed E-state index contributed by atoms with van der Waals surface area (Å²) < 4.78 is 36.1. The van der Waals surface area contributed by atoms with Gasteiger partial charge in [0.15, 0.2) is 0 Å². The SMILES string of the molecule is F[B-]1(F)OC(c2ccc[nH]2)=C(Cl)/C(=C2\C=CC=N2)O1. The number of halogens is 3. The van der Waals surface area contributed by atoms with Crippen LogP contribution in [0, 0.1) is 0 Å². The van der Waals surface area contributed by atoms with Gasteiger partial charge in [-0.3, -0.25) is 4.99 Å². The number of hydrogen-bond donors (Lipinski definition) is 1. The molecule has 0 atom stereocenters. The van der Waals surface area contributed by atoms with Crippen molar-refractivity contribution < 1.29 is 17.9 Å². The topological polar surface area (TPSA) is 46.6 Å². The van der Waals surface area contributed by atoms with E-state index < -0.39 is 7.11 Å². The smallest absolute Gasteiger partial charge is 0.625 e. The summed E-state index contributed by atoms with van der Waals surface area (Å²) in [7, 11) is -4.48. The third kappa shape index (κ3) is 2.17. The van der Waals surface area contributed by atoms with Crippen LogP contribution in [0.4, 0.5) is 8.63 Å². The molecule has 1 aromatic rings. The van der Waals surface area contributed by atoms with Gasteiger partial charge in [0.25, 0.3) is 0 Å². The Labute approximate surface area is 112 Å². The number of nitrogens with one attached hydrogen (secondary N) is 1. The van der Waals surface area contributed by atoms with Crippen LogP contribution in [0.25, 0.3) is 5.76 Å². The van der Waals surface area contributed by atoms with E-state index >= 15 is 0 Å². The maximum atomic E-state index is 13.5. The molecule has 2 aliphatic heterocycles. The Hall–Kier alpha value is -2.02. The maximum absolute atomic E-state index is 13.5. The van der Waals surface area contributed by atoms with Crippen molar-refractivity contribution in [2.45, 2.75) is 0 Å². The monoisotopic (exact) mass is 283 g/mol. The lowest BCUT2D eigenvalue weighted by Crippen LogP contribution is -2.35. The van der Waals surface area contributed by atoms with E-state index in [1.54, 1.807) is 24.4 Å². The number of aromatic amines is 1. The molecule has 0 aliphatic carbocycles. The number of H-pyrrole nitrogens is 1. The van der Waals surface area contributed by atoms with Crippen molar-refractivity contribution in [3.05, 3.63) is 52.7 Å². The van der Waals surface area contributed by atoms with Gasteiger partial charge in [-0.1, -0.05) is 11.6 Å². The van der Waals surface area contributed by atoms with Crippen LogP contribution in [0.1, 0.15) is 5.69 Å². The van der Waals surface area contributed by atoms with E-state index in [9.17, 15) is 8.63 Å². The zero-order valence-electron chi connectivity index (χ0n) is 9.44. The average molecular weight is 283 g/mol. The van der Waals surface area contributed by atoms with Crippen LogP contribution in [0.2, 0.25) is 0 Å². The average Bonchev–Trinajstić information content (AvgIpc) is 3.02. The number of aromatic nitrogens is 1. The molecule has 0 saturated carbocycles. The Bertz CT molecular complexity index is 621. The Morgan fingerprint density at radius 1 is 1.26 bits per heavy atom. The molecule has 0 spiro atoms. The van der Waals surface area contributed by atoms with Crippen molar-refractivity contribution in [2.75, 3.05) is 0 Å². The highest BCUT2D eigenvalue weighted by atomic mass is 35.5. The predicted molar refractivity (Wildman–Crippen MR) is 68.4 cm³/mol. The van der Waals surface area contributed by atoms with Crippen LogP contribution in [-0.2, 0) is 9.31 Å². The van der Waals surface area contributed by atoms with Crippen molar-refractivity contribution in [1.29, 1.82) is 0 Å². The van der Waals surface area contributed by atoms with Crippen LogP contribution in [0.15, 0.2) is 52.0 Å². The normalized spacial score (nSPS) is 24.6. The summed E-state index contributed by atoms with van der Waals surface area (Å²) in [6.45, 7) is 0. The maximum Gasteiger partial charge on any atom is 0.726 e. The molecular formula is C11H7BClF2N2O2-. The molecule has 3 rings (SSSR count). The number of nitrogens with zero attached hydrogens (tertiary/aromatic N) is 1. The zero-order chi connectivity index (χ0) is 13.5. The molecule has 0 saturated heterocycles. The third-order valence-electron chi connectivity index (χ3n) is 2.54. The summed E-state index contributed by atoms with van der Waals surface area (Å²) >= 11 is 6.07. The summed E-state index contributed by atoms with van der Waals surface area (Å²) in [4.78, 5) is 6.66. The van der Waals surface area contributed by atoms with Gasteiger partial charge in [0.05, 0.1) is 5.69 Å². The Kier molecular flexibility index (Phi) is 2.71. The van der Waals surface area contributed by atoms with Crippen LogP contribution < -0.4 is 0 Å². The minimum absolute atomic E-state index is 0.0473. The summed E-state index contributed by atoms with van der Waals surface area (Å²) in [5.74, 6) is -0.339. The molecule has 0 amide bonds. The highest BCUT2D eigenvalue weighted by molar-refractivity contribution is 6.55. The zero-order valence-corrected chi connectivity index (χ0v) is 10.2. The van der Waals surface area contributed by atoms with Crippen molar-refractivity contribution in [3.8, 4) is 0 Å². The first-order valence-electron chi connectivity index (χ1n) is 5.44. The highest BCUT2D eigenvalue weighted by Crippen LogP contribution is 2.40. The molecule has 0 unspecified atom stereocenters. The van der Waals surface area contributed by atoms with Gasteiger partial charge in [0.2, 0.25) is 0 Å². The minimum atomic E-state index is -4.48. The van der Waals surface area contributed by atoms with Crippen molar-refractivity contribution >= 4 is 30.7 Å². The van der Waals surface area contributed by atoms with E-state index in [2.05, 4.69) is 19.3 Å². The highest BCUT2D eigenvalue weighted by Gasteiger charge is 2.41. The second-order valence-electron chi connectivity index (χ2n) is 3.85. The second kappa shape index (κ2) is 4.27. The molecule has 0 bridgehead atoms. The quantitative estimate of drug-likeness (QED) is 0.805. The second-order valence-corrected chi connectivity index (χ2v) is 4.23. The molecule has 4 nitrogen and oxygen atoms in total. The Morgan fingerprint density at radius 3 is 2.68 bits per heavy atom. The van der Waals surface area contributed by atoms with Crippen LogP contribution in [-0.4, -0.2) is 18.3 Å². The Balaban J connectivity index is 2.16. The lowest BCUT2D eigenvalue weighted by atomic mass is 10.1. The Morgan fingerprint density at radius 2 is 2.05 bits per heavy atom. The first-order chi connectivity index (χ1) is 9.07. The van der Waals surface area contributed by atoms with Gasteiger partial charge in [0.1, 0.15) is 22.2 Å². The van der Waals surface area contributed by atoms with Gasteiger partial charge in [-0.25, -0.2) is 0 Å². The van der Waals surface area contributed by atoms with Gasteiger partial charge in [0, 0.05) is 12.4 Å². The van der Waals surface area contributed by atoms with Gasteiger partial charge >= 0.3 is 7.11 Å². The fraction of sp³-hybridized carbons (Fsp3) is 0. The number of hydrogen-bond acceptors (Lipinski definition) is 3. The summed E-state index contributed by atoms with van der Waals surface area (Å²) in [6.07, 6.45) is 6.17. The van der Waals surface area contributed by atoms with E-state index in [0.717, 1.165) is 0 Å². The van der Waals surface area contributed by atoms with Crippen molar-refractivity contribution in [3.63, 3.8) is 0 Å². The molecule has 1 aromatic heterocycles. The van der Waals surface area contributed by atoms with Crippen molar-refractivity contribution in [2.24, 2.45) is 4.99 Å². The van der Waals surface area contributed by atoms with Gasteiger partial charge in [-0.15, -0.1) is 0 Å². The molecule has 2 aliphatic rings. The molecule has 19 heavy (non-hydrogen) atoms. The number of rotatable bonds is 1. The van der Waals surface area contributed by atoms with Gasteiger partial charge < -0.3 is 22.9 Å². The molecule has 3 heterocycles. The predicted octanol–water partition coefficient (Wildman–Crippen LogP) is 3.20. The molecule has 0 radical (unpaired) electrons. The van der Waals surface area contributed by atoms with Gasteiger partial charge in [-0.05, 0) is 24.3 Å². The first kappa shape index (κ1) is 12.0. The lowest BCUT2D eigenvalue weighted by Gasteiger charge is -2.36. The molecule has 1 N–H and O–H groups in total. The van der Waals surface area contributed by atoms with E-state index in [0.29, 0.717) is 5.69 Å². The fourth-order valence-corrected chi connectivity index (χ4v) is 2.05. The van der Waals surface area contributed by atoms with Crippen molar-refractivity contribution in [1.82, 2.24) is 4.98 Å².